The van der Waals surface area contributed by atoms with Gasteiger partial charge in [-0.05, 0) is 30.5 Å². The molecule has 0 atom stereocenters. The van der Waals surface area contributed by atoms with Crippen LogP contribution in [0.5, 0.6) is 0 Å². The van der Waals surface area contributed by atoms with E-state index in [4.69, 9.17) is 16.7 Å². The third-order valence-corrected chi connectivity index (χ3v) is 2.27. The molecule has 0 saturated heterocycles. The Balaban J connectivity index is 3.31. The summed E-state index contributed by atoms with van der Waals surface area (Å²) < 4.78 is 0. The Morgan fingerprint density at radius 3 is 2.54 bits per heavy atom. The van der Waals surface area contributed by atoms with Crippen molar-refractivity contribution in [2.45, 2.75) is 20.3 Å². The van der Waals surface area contributed by atoms with Gasteiger partial charge in [0.2, 0.25) is 0 Å². The summed E-state index contributed by atoms with van der Waals surface area (Å²) >= 11 is 5.83. The van der Waals surface area contributed by atoms with Gasteiger partial charge in [0.15, 0.2) is 0 Å². The van der Waals surface area contributed by atoms with E-state index in [-0.39, 0.29) is 5.56 Å². The summed E-state index contributed by atoms with van der Waals surface area (Å²) in [5.74, 6) is -0.967. The molecule has 1 N–H and O–H groups in total. The van der Waals surface area contributed by atoms with Crippen molar-refractivity contribution >= 4 is 17.6 Å². The lowest BCUT2D eigenvalue weighted by Gasteiger charge is -2.05. The van der Waals surface area contributed by atoms with E-state index in [1.54, 1.807) is 13.0 Å². The van der Waals surface area contributed by atoms with E-state index in [1.165, 1.54) is 0 Å². The van der Waals surface area contributed by atoms with Crippen molar-refractivity contribution in [1.29, 1.82) is 0 Å². The van der Waals surface area contributed by atoms with Crippen molar-refractivity contribution in [3.8, 4) is 0 Å². The van der Waals surface area contributed by atoms with Gasteiger partial charge in [-0.1, -0.05) is 24.6 Å². The molecule has 0 heterocycles. The molecule has 0 amide bonds. The van der Waals surface area contributed by atoms with Gasteiger partial charge >= 0.3 is 5.97 Å². The zero-order chi connectivity index (χ0) is 10.0. The average molecular weight is 199 g/mol. The molecule has 3 heteroatoms. The second kappa shape index (κ2) is 3.79. The minimum atomic E-state index is -0.967. The molecule has 0 radical (unpaired) electrons. The maximum atomic E-state index is 10.8. The van der Waals surface area contributed by atoms with Crippen molar-refractivity contribution in [2.75, 3.05) is 0 Å². The van der Waals surface area contributed by atoms with Crippen molar-refractivity contribution in [3.05, 3.63) is 33.8 Å². The van der Waals surface area contributed by atoms with Gasteiger partial charge in [0.25, 0.3) is 0 Å². The number of rotatable bonds is 2. The first kappa shape index (κ1) is 10.1. The minimum Gasteiger partial charge on any atom is -0.478 e. The van der Waals surface area contributed by atoms with E-state index in [9.17, 15) is 4.79 Å². The number of carbonyl (C=O) groups is 1. The molecule has 0 unspecified atom stereocenters. The zero-order valence-electron chi connectivity index (χ0n) is 7.60. The number of hydrogen-bond acceptors (Lipinski definition) is 1. The summed E-state index contributed by atoms with van der Waals surface area (Å²) in [6.07, 6.45) is 0.862. The number of aryl methyl sites for hydroxylation is 2. The molecule has 0 aliphatic carbocycles. The van der Waals surface area contributed by atoms with Gasteiger partial charge in [-0.3, -0.25) is 0 Å². The van der Waals surface area contributed by atoms with E-state index in [1.807, 2.05) is 13.0 Å². The van der Waals surface area contributed by atoms with E-state index in [0.29, 0.717) is 5.02 Å². The fourth-order valence-electron chi connectivity index (χ4n) is 1.29. The van der Waals surface area contributed by atoms with Gasteiger partial charge < -0.3 is 5.11 Å². The average Bonchev–Trinajstić information content (AvgIpc) is 2.02. The smallest absolute Gasteiger partial charge is 0.337 e. The van der Waals surface area contributed by atoms with Crippen LogP contribution in [0.1, 0.15) is 28.4 Å². The van der Waals surface area contributed by atoms with Crippen molar-refractivity contribution < 1.29 is 9.90 Å². The number of aromatic carboxylic acids is 1. The van der Waals surface area contributed by atoms with Crippen molar-refractivity contribution in [2.24, 2.45) is 0 Å². The summed E-state index contributed by atoms with van der Waals surface area (Å²) in [5, 5.41) is 9.15. The highest BCUT2D eigenvalue weighted by molar-refractivity contribution is 6.33. The zero-order valence-corrected chi connectivity index (χ0v) is 8.35. The number of benzene rings is 1. The quantitative estimate of drug-likeness (QED) is 0.794. The summed E-state index contributed by atoms with van der Waals surface area (Å²) in [6.45, 7) is 3.76. The van der Waals surface area contributed by atoms with Crippen LogP contribution >= 0.6 is 11.6 Å². The minimum absolute atomic E-state index is 0.207. The Hall–Kier alpha value is -1.02. The molecule has 0 aliphatic rings. The molecule has 70 valence electrons. The second-order valence-electron chi connectivity index (χ2n) is 2.93. The largest absolute Gasteiger partial charge is 0.478 e. The first-order valence-electron chi connectivity index (χ1n) is 4.08. The molecule has 0 saturated carbocycles. The van der Waals surface area contributed by atoms with Crippen LogP contribution in [0.4, 0.5) is 0 Å². The van der Waals surface area contributed by atoms with Crippen molar-refractivity contribution in [1.82, 2.24) is 0 Å². The van der Waals surface area contributed by atoms with Crippen LogP contribution in [0.15, 0.2) is 12.1 Å². The Bertz CT molecular complexity index is 322. The van der Waals surface area contributed by atoms with E-state index in [0.717, 1.165) is 17.5 Å². The maximum absolute atomic E-state index is 10.8. The highest BCUT2D eigenvalue weighted by atomic mass is 35.5. The lowest BCUT2D eigenvalue weighted by Crippen LogP contribution is -2.01. The van der Waals surface area contributed by atoms with Gasteiger partial charge in [-0.2, -0.15) is 0 Å². The topological polar surface area (TPSA) is 37.3 Å². The van der Waals surface area contributed by atoms with Crippen LogP contribution in [0.3, 0.4) is 0 Å². The first-order chi connectivity index (χ1) is 6.06. The van der Waals surface area contributed by atoms with Crippen LogP contribution in [-0.4, -0.2) is 11.1 Å². The van der Waals surface area contributed by atoms with Crippen molar-refractivity contribution in [3.63, 3.8) is 0 Å². The van der Waals surface area contributed by atoms with Gasteiger partial charge in [-0.25, -0.2) is 4.79 Å². The Labute approximate surface area is 82.2 Å². The number of carboxylic acid groups (broad SMARTS) is 1. The van der Waals surface area contributed by atoms with Gasteiger partial charge in [0.05, 0.1) is 10.6 Å². The fourth-order valence-corrected chi connectivity index (χ4v) is 1.66. The highest BCUT2D eigenvalue weighted by Gasteiger charge is 2.12. The van der Waals surface area contributed by atoms with Crippen LogP contribution in [0.25, 0.3) is 0 Å². The molecule has 2 nitrogen and oxygen atoms in total. The Morgan fingerprint density at radius 2 is 2.15 bits per heavy atom. The van der Waals surface area contributed by atoms with Gasteiger partial charge in [0.1, 0.15) is 0 Å². The van der Waals surface area contributed by atoms with Crippen LogP contribution in [0.2, 0.25) is 5.02 Å². The Kier molecular flexibility index (Phi) is 2.94. The summed E-state index contributed by atoms with van der Waals surface area (Å²) in [6, 6.07) is 3.56. The molecular formula is C10H11ClO2. The summed E-state index contributed by atoms with van der Waals surface area (Å²) in [7, 11) is 0. The molecule has 0 fully saturated rings. The number of hydrogen-bond donors (Lipinski definition) is 1. The fraction of sp³-hybridized carbons (Fsp3) is 0.300. The molecule has 1 aromatic carbocycles. The van der Waals surface area contributed by atoms with Crippen LogP contribution in [-0.2, 0) is 6.42 Å². The normalized spacial score (nSPS) is 10.1. The predicted molar refractivity (Wildman–Crippen MR) is 52.5 cm³/mol. The summed E-state index contributed by atoms with van der Waals surface area (Å²) in [5.41, 5.74) is 1.99. The molecule has 0 aromatic heterocycles. The Morgan fingerprint density at radius 1 is 1.54 bits per heavy atom. The standard InChI is InChI=1S/C10H11ClO2/c1-3-7-4-6(2)9(10(12)13)8(11)5-7/h4-5H,3H2,1-2H3,(H,12,13). The lowest BCUT2D eigenvalue weighted by molar-refractivity contribution is 0.0696. The third kappa shape index (κ3) is 2.01. The monoisotopic (exact) mass is 198 g/mol. The molecule has 1 aromatic rings. The van der Waals surface area contributed by atoms with Gasteiger partial charge in [0, 0.05) is 0 Å². The SMILES string of the molecule is CCc1cc(C)c(C(=O)O)c(Cl)c1. The molecule has 1 rings (SSSR count). The maximum Gasteiger partial charge on any atom is 0.337 e. The summed E-state index contributed by atoms with van der Waals surface area (Å²) in [4.78, 5) is 10.8. The third-order valence-electron chi connectivity index (χ3n) is 1.97. The molecule has 13 heavy (non-hydrogen) atoms. The van der Waals surface area contributed by atoms with Crippen LogP contribution < -0.4 is 0 Å². The number of carboxylic acids is 1. The lowest BCUT2D eigenvalue weighted by atomic mass is 10.0. The predicted octanol–water partition coefficient (Wildman–Crippen LogP) is 2.91. The van der Waals surface area contributed by atoms with Crippen LogP contribution in [0, 0.1) is 6.92 Å². The second-order valence-corrected chi connectivity index (χ2v) is 3.34. The van der Waals surface area contributed by atoms with E-state index < -0.39 is 5.97 Å². The van der Waals surface area contributed by atoms with E-state index in [2.05, 4.69) is 0 Å². The highest BCUT2D eigenvalue weighted by Crippen LogP contribution is 2.22. The number of halogens is 1. The molecule has 0 bridgehead atoms. The molecule has 0 aliphatic heterocycles. The van der Waals surface area contributed by atoms with Gasteiger partial charge in [-0.15, -0.1) is 0 Å². The molecule has 0 spiro atoms. The molecular weight excluding hydrogens is 188 g/mol. The van der Waals surface area contributed by atoms with E-state index >= 15 is 0 Å². The first-order valence-corrected chi connectivity index (χ1v) is 4.46.